The molecular formula is C21H24N2O. The van der Waals surface area contributed by atoms with Gasteiger partial charge in [0.15, 0.2) is 5.78 Å². The Bertz CT molecular complexity index is 728. The van der Waals surface area contributed by atoms with Gasteiger partial charge in [-0.15, -0.1) is 0 Å². The van der Waals surface area contributed by atoms with Crippen molar-refractivity contribution in [2.24, 2.45) is 0 Å². The molecule has 0 saturated carbocycles. The summed E-state index contributed by atoms with van der Waals surface area (Å²) < 4.78 is 0. The molecule has 2 unspecified atom stereocenters. The van der Waals surface area contributed by atoms with Crippen LogP contribution in [0.4, 0.5) is 0 Å². The summed E-state index contributed by atoms with van der Waals surface area (Å²) >= 11 is 0. The summed E-state index contributed by atoms with van der Waals surface area (Å²) in [6, 6.07) is 19.4. The average molecular weight is 320 g/mol. The standard InChI is InChI=1S/C21H24N2O/c1-22-13-20-12-18-10-6-5-9-17(18)11-19(22)14-23(20)15-21(24)16-7-3-2-4-8-16/h2-10,19-20H,11-15H2,1H3. The number of benzene rings is 2. The highest BCUT2D eigenvalue weighted by molar-refractivity contribution is 5.97. The number of fused-ring (bicyclic) bond motifs is 2. The molecule has 0 aromatic heterocycles. The zero-order valence-corrected chi connectivity index (χ0v) is 14.2. The third kappa shape index (κ3) is 3.02. The van der Waals surface area contributed by atoms with Crippen LogP contribution in [0.2, 0.25) is 0 Å². The lowest BCUT2D eigenvalue weighted by atomic mass is 9.88. The van der Waals surface area contributed by atoms with Gasteiger partial charge in [-0.2, -0.15) is 0 Å². The van der Waals surface area contributed by atoms with Crippen molar-refractivity contribution in [1.82, 2.24) is 9.80 Å². The molecule has 0 amide bonds. The Hall–Kier alpha value is -1.97. The average Bonchev–Trinajstić information content (AvgIpc) is 2.59. The Morgan fingerprint density at radius 1 is 0.917 bits per heavy atom. The molecule has 3 heteroatoms. The number of Topliss-reactive ketones (excluding diaryl/α,β-unsaturated/α-hetero) is 1. The smallest absolute Gasteiger partial charge is 0.176 e. The summed E-state index contributed by atoms with van der Waals surface area (Å²) in [6.45, 7) is 2.55. The van der Waals surface area contributed by atoms with Gasteiger partial charge in [0, 0.05) is 30.7 Å². The molecule has 3 aliphatic rings. The van der Waals surface area contributed by atoms with Crippen LogP contribution in [-0.4, -0.2) is 54.3 Å². The van der Waals surface area contributed by atoms with Crippen molar-refractivity contribution in [2.75, 3.05) is 26.7 Å². The van der Waals surface area contributed by atoms with Gasteiger partial charge in [-0.05, 0) is 31.0 Å². The monoisotopic (exact) mass is 320 g/mol. The number of ketones is 1. The lowest BCUT2D eigenvalue weighted by molar-refractivity contribution is 0.0382. The summed E-state index contributed by atoms with van der Waals surface area (Å²) in [5.41, 5.74) is 3.76. The van der Waals surface area contributed by atoms with Gasteiger partial charge in [0.1, 0.15) is 0 Å². The van der Waals surface area contributed by atoms with Crippen LogP contribution >= 0.6 is 0 Å². The highest BCUT2D eigenvalue weighted by Crippen LogP contribution is 2.26. The number of hydrogen-bond donors (Lipinski definition) is 0. The second-order valence-electron chi connectivity index (χ2n) is 7.14. The normalized spacial score (nSPS) is 24.2. The maximum absolute atomic E-state index is 12.7. The molecule has 2 bridgehead atoms. The molecule has 0 radical (unpaired) electrons. The van der Waals surface area contributed by atoms with Gasteiger partial charge in [0.2, 0.25) is 0 Å². The number of hydrogen-bond acceptors (Lipinski definition) is 3. The van der Waals surface area contributed by atoms with Crippen LogP contribution in [0, 0.1) is 0 Å². The minimum atomic E-state index is 0.234. The Balaban J connectivity index is 1.57. The third-order valence-electron chi connectivity index (χ3n) is 5.56. The number of likely N-dealkylation sites (N-methyl/N-ethyl adjacent to an activating group) is 1. The molecule has 124 valence electrons. The molecule has 1 fully saturated rings. The fourth-order valence-electron chi connectivity index (χ4n) is 4.13. The molecule has 2 aromatic rings. The fraction of sp³-hybridized carbons (Fsp3) is 0.381. The van der Waals surface area contributed by atoms with Gasteiger partial charge >= 0.3 is 0 Å². The number of carbonyl (C=O) groups is 1. The van der Waals surface area contributed by atoms with Crippen LogP contribution in [0.5, 0.6) is 0 Å². The molecule has 0 aliphatic carbocycles. The highest BCUT2D eigenvalue weighted by Gasteiger charge is 2.35. The second-order valence-corrected chi connectivity index (χ2v) is 7.14. The van der Waals surface area contributed by atoms with Crippen molar-refractivity contribution in [3.8, 4) is 0 Å². The van der Waals surface area contributed by atoms with E-state index in [0.29, 0.717) is 18.6 Å². The number of piperazine rings is 1. The fourth-order valence-corrected chi connectivity index (χ4v) is 4.13. The first-order chi connectivity index (χ1) is 11.7. The van der Waals surface area contributed by atoms with E-state index in [0.717, 1.165) is 31.5 Å². The SMILES string of the molecule is CN1CC2Cc3ccccc3CC1CN2CC(=O)c1ccccc1. The minimum Gasteiger partial charge on any atom is -0.300 e. The lowest BCUT2D eigenvalue weighted by Gasteiger charge is -2.47. The van der Waals surface area contributed by atoms with E-state index >= 15 is 0 Å². The predicted octanol–water partition coefficient (Wildman–Crippen LogP) is 2.65. The molecule has 24 heavy (non-hydrogen) atoms. The number of carbonyl (C=O) groups excluding carboxylic acids is 1. The first-order valence-corrected chi connectivity index (χ1v) is 8.80. The van der Waals surface area contributed by atoms with Crippen LogP contribution in [-0.2, 0) is 12.8 Å². The van der Waals surface area contributed by atoms with Crippen LogP contribution in [0.1, 0.15) is 21.5 Å². The van der Waals surface area contributed by atoms with E-state index < -0.39 is 0 Å². The Kier molecular flexibility index (Phi) is 4.21. The minimum absolute atomic E-state index is 0.234. The Morgan fingerprint density at radius 3 is 2.25 bits per heavy atom. The van der Waals surface area contributed by atoms with Crippen LogP contribution in [0.15, 0.2) is 54.6 Å². The molecule has 2 aromatic carbocycles. The summed E-state index contributed by atoms with van der Waals surface area (Å²) in [7, 11) is 2.22. The topological polar surface area (TPSA) is 23.6 Å². The van der Waals surface area contributed by atoms with E-state index in [-0.39, 0.29) is 5.78 Å². The first-order valence-electron chi connectivity index (χ1n) is 8.80. The van der Waals surface area contributed by atoms with E-state index in [1.54, 1.807) is 0 Å². The van der Waals surface area contributed by atoms with Crippen molar-refractivity contribution in [2.45, 2.75) is 24.9 Å². The van der Waals surface area contributed by atoms with Gasteiger partial charge in [-0.1, -0.05) is 54.6 Å². The quantitative estimate of drug-likeness (QED) is 0.812. The van der Waals surface area contributed by atoms with Gasteiger partial charge in [0.05, 0.1) is 6.54 Å². The lowest BCUT2D eigenvalue weighted by Crippen LogP contribution is -2.60. The zero-order chi connectivity index (χ0) is 16.5. The zero-order valence-electron chi connectivity index (χ0n) is 14.2. The highest BCUT2D eigenvalue weighted by atomic mass is 16.1. The third-order valence-corrected chi connectivity index (χ3v) is 5.56. The van der Waals surface area contributed by atoms with Crippen molar-refractivity contribution < 1.29 is 4.79 Å². The van der Waals surface area contributed by atoms with E-state index in [9.17, 15) is 4.79 Å². The van der Waals surface area contributed by atoms with Crippen LogP contribution < -0.4 is 0 Å². The van der Waals surface area contributed by atoms with Crippen molar-refractivity contribution in [3.63, 3.8) is 0 Å². The summed E-state index contributed by atoms with van der Waals surface area (Å²) in [4.78, 5) is 17.5. The van der Waals surface area contributed by atoms with Gasteiger partial charge in [0.25, 0.3) is 0 Å². The molecule has 5 rings (SSSR count). The van der Waals surface area contributed by atoms with Gasteiger partial charge in [-0.25, -0.2) is 0 Å². The number of rotatable bonds is 3. The molecule has 2 atom stereocenters. The summed E-state index contributed by atoms with van der Waals surface area (Å²) in [5, 5.41) is 0. The first kappa shape index (κ1) is 15.6. The molecule has 3 heterocycles. The van der Waals surface area contributed by atoms with Crippen molar-refractivity contribution in [3.05, 3.63) is 71.3 Å². The van der Waals surface area contributed by atoms with Gasteiger partial charge < -0.3 is 4.90 Å². The van der Waals surface area contributed by atoms with Crippen molar-refractivity contribution >= 4 is 5.78 Å². The predicted molar refractivity (Wildman–Crippen MR) is 96.4 cm³/mol. The molecule has 0 spiro atoms. The molecular weight excluding hydrogens is 296 g/mol. The number of nitrogens with zero attached hydrogens (tertiary/aromatic N) is 2. The van der Waals surface area contributed by atoms with E-state index in [4.69, 9.17) is 0 Å². The van der Waals surface area contributed by atoms with E-state index in [1.165, 1.54) is 11.1 Å². The summed E-state index contributed by atoms with van der Waals surface area (Å²) in [5.74, 6) is 0.234. The molecule has 1 saturated heterocycles. The van der Waals surface area contributed by atoms with Gasteiger partial charge in [-0.3, -0.25) is 9.69 Å². The second kappa shape index (κ2) is 6.50. The maximum atomic E-state index is 12.7. The van der Waals surface area contributed by atoms with E-state index in [2.05, 4.69) is 41.1 Å². The van der Waals surface area contributed by atoms with Crippen molar-refractivity contribution in [1.29, 1.82) is 0 Å². The Morgan fingerprint density at radius 2 is 1.54 bits per heavy atom. The maximum Gasteiger partial charge on any atom is 0.176 e. The molecule has 3 nitrogen and oxygen atoms in total. The molecule has 0 N–H and O–H groups in total. The molecule has 3 aliphatic heterocycles. The van der Waals surface area contributed by atoms with Crippen LogP contribution in [0.3, 0.4) is 0 Å². The van der Waals surface area contributed by atoms with Crippen LogP contribution in [0.25, 0.3) is 0 Å². The largest absolute Gasteiger partial charge is 0.300 e. The Labute approximate surface area is 143 Å². The van der Waals surface area contributed by atoms with E-state index in [1.807, 2.05) is 30.3 Å². The summed E-state index contributed by atoms with van der Waals surface area (Å²) in [6.07, 6.45) is 2.12.